The Kier molecular flexibility index (Phi) is 5.73. The van der Waals surface area contributed by atoms with Gasteiger partial charge < -0.3 is 15.2 Å². The summed E-state index contributed by atoms with van der Waals surface area (Å²) in [6.45, 7) is 8.61. The summed E-state index contributed by atoms with van der Waals surface area (Å²) in [5, 5.41) is 17.4. The highest BCUT2D eigenvalue weighted by Gasteiger charge is 2.51. The number of carbonyl (C=O) groups is 1. The van der Waals surface area contributed by atoms with Crippen LogP contribution in [-0.4, -0.2) is 39.5 Å². The summed E-state index contributed by atoms with van der Waals surface area (Å²) in [5.41, 5.74) is 0.0822. The maximum Gasteiger partial charge on any atom is 0.258 e. The van der Waals surface area contributed by atoms with Crippen LogP contribution < -0.4 is 10.1 Å². The fourth-order valence-corrected chi connectivity index (χ4v) is 5.90. The molecule has 2 N–H and O–H groups in total. The van der Waals surface area contributed by atoms with Gasteiger partial charge in [-0.1, -0.05) is 33.8 Å². The van der Waals surface area contributed by atoms with Crippen LogP contribution in [0.5, 0.6) is 5.88 Å². The van der Waals surface area contributed by atoms with E-state index in [0.29, 0.717) is 24.0 Å². The second-order valence-electron chi connectivity index (χ2n) is 11.1. The first kappa shape index (κ1) is 21.4. The molecule has 6 nitrogen and oxygen atoms in total. The Morgan fingerprint density at radius 3 is 2.43 bits per heavy atom. The van der Waals surface area contributed by atoms with Crippen LogP contribution in [0.2, 0.25) is 0 Å². The van der Waals surface area contributed by atoms with Crippen LogP contribution >= 0.6 is 0 Å². The third-order valence-corrected chi connectivity index (χ3v) is 7.04. The van der Waals surface area contributed by atoms with E-state index in [4.69, 9.17) is 4.74 Å². The molecule has 5 rings (SSSR count). The van der Waals surface area contributed by atoms with Crippen molar-refractivity contribution < 1.29 is 14.6 Å². The fraction of sp³-hybridized carbons (Fsp3) is 0.750. The van der Waals surface area contributed by atoms with Gasteiger partial charge in [0.2, 0.25) is 5.88 Å². The van der Waals surface area contributed by atoms with Crippen molar-refractivity contribution >= 4 is 12.1 Å². The minimum atomic E-state index is -0.372. The first-order valence-electron chi connectivity index (χ1n) is 11.5. The molecule has 4 aliphatic rings. The van der Waals surface area contributed by atoms with Crippen molar-refractivity contribution in [3.05, 3.63) is 17.8 Å². The number of nitrogens with zero attached hydrogens (tertiary/aromatic N) is 2. The molecule has 0 spiro atoms. The third-order valence-electron chi connectivity index (χ3n) is 7.04. The Hall–Kier alpha value is -1.82. The molecule has 1 aromatic rings. The summed E-state index contributed by atoms with van der Waals surface area (Å²) in [6, 6.07) is 0. The van der Waals surface area contributed by atoms with E-state index in [1.54, 1.807) is 17.1 Å². The standard InChI is InChI=1S/C24H37N3O3/c1-16(2)14-30-22-20(13-25-27(22)6-5-23(3,4)15-28)21(29)26-24-10-17-7-18(11-24)9-19(8-17)12-24/h5-6,13,16-19,28H,7-12,14-15H2,1-4H3,(H,26,29)/b6-5+. The molecule has 166 valence electrons. The van der Waals surface area contributed by atoms with Crippen molar-refractivity contribution in [2.75, 3.05) is 13.2 Å². The molecule has 1 aromatic heterocycles. The van der Waals surface area contributed by atoms with Gasteiger partial charge in [0.1, 0.15) is 5.56 Å². The number of ether oxygens (including phenoxy) is 1. The number of nitrogens with one attached hydrogen (secondary N) is 1. The van der Waals surface area contributed by atoms with Crippen molar-refractivity contribution in [1.29, 1.82) is 0 Å². The summed E-state index contributed by atoms with van der Waals surface area (Å²) in [7, 11) is 0. The molecular formula is C24H37N3O3. The Bertz CT molecular complexity index is 773. The van der Waals surface area contributed by atoms with E-state index in [1.807, 2.05) is 19.9 Å². The van der Waals surface area contributed by atoms with E-state index in [-0.39, 0.29) is 23.5 Å². The lowest BCUT2D eigenvalue weighted by atomic mass is 9.53. The number of carbonyl (C=O) groups excluding carboxylic acids is 1. The van der Waals surface area contributed by atoms with Gasteiger partial charge in [-0.25, -0.2) is 4.68 Å². The minimum absolute atomic E-state index is 0.0340. The normalized spacial score (nSPS) is 30.4. The largest absolute Gasteiger partial charge is 0.477 e. The first-order valence-corrected chi connectivity index (χ1v) is 11.5. The Morgan fingerprint density at radius 1 is 1.30 bits per heavy atom. The highest BCUT2D eigenvalue weighted by Crippen LogP contribution is 2.55. The lowest BCUT2D eigenvalue weighted by Crippen LogP contribution is -2.59. The molecule has 4 bridgehead atoms. The number of rotatable bonds is 8. The molecule has 0 atom stereocenters. The topological polar surface area (TPSA) is 76.4 Å². The Labute approximate surface area is 180 Å². The van der Waals surface area contributed by atoms with E-state index in [0.717, 1.165) is 37.0 Å². The van der Waals surface area contributed by atoms with Crippen LogP contribution in [-0.2, 0) is 0 Å². The Morgan fingerprint density at radius 2 is 1.90 bits per heavy atom. The van der Waals surface area contributed by atoms with Gasteiger partial charge in [0.15, 0.2) is 0 Å². The average Bonchev–Trinajstić information content (AvgIpc) is 3.06. The number of hydrogen-bond acceptors (Lipinski definition) is 4. The molecule has 0 radical (unpaired) electrons. The van der Waals surface area contributed by atoms with Gasteiger partial charge in [0.05, 0.1) is 19.4 Å². The Balaban J connectivity index is 1.56. The summed E-state index contributed by atoms with van der Waals surface area (Å²) in [4.78, 5) is 13.4. The summed E-state index contributed by atoms with van der Waals surface area (Å²) in [5.74, 6) is 3.08. The zero-order valence-electron chi connectivity index (χ0n) is 18.9. The average molecular weight is 416 g/mol. The second-order valence-corrected chi connectivity index (χ2v) is 11.1. The van der Waals surface area contributed by atoms with Gasteiger partial charge in [-0.05, 0) is 62.2 Å². The van der Waals surface area contributed by atoms with Crippen molar-refractivity contribution in [2.24, 2.45) is 29.1 Å². The third kappa shape index (κ3) is 4.43. The molecule has 0 unspecified atom stereocenters. The van der Waals surface area contributed by atoms with Crippen LogP contribution in [0.4, 0.5) is 0 Å². The maximum absolute atomic E-state index is 13.4. The van der Waals surface area contributed by atoms with Gasteiger partial charge in [-0.2, -0.15) is 5.10 Å². The molecule has 4 fully saturated rings. The number of aromatic nitrogens is 2. The highest BCUT2D eigenvalue weighted by molar-refractivity contribution is 5.97. The van der Waals surface area contributed by atoms with Crippen LogP contribution in [0.25, 0.3) is 6.20 Å². The number of aliphatic hydroxyl groups is 1. The lowest BCUT2D eigenvalue weighted by molar-refractivity contribution is -0.0167. The fourth-order valence-electron chi connectivity index (χ4n) is 5.90. The molecule has 6 heteroatoms. The van der Waals surface area contributed by atoms with E-state index in [9.17, 15) is 9.90 Å². The zero-order chi connectivity index (χ0) is 21.5. The van der Waals surface area contributed by atoms with Gasteiger partial charge in [-0.3, -0.25) is 4.79 Å². The molecule has 4 aliphatic carbocycles. The van der Waals surface area contributed by atoms with Crippen molar-refractivity contribution in [1.82, 2.24) is 15.1 Å². The van der Waals surface area contributed by atoms with Crippen LogP contribution in [0, 0.1) is 29.1 Å². The molecule has 4 saturated carbocycles. The molecule has 1 amide bonds. The number of hydrogen-bond donors (Lipinski definition) is 2. The van der Waals surface area contributed by atoms with Crippen LogP contribution in [0.1, 0.15) is 76.6 Å². The van der Waals surface area contributed by atoms with Gasteiger partial charge in [0.25, 0.3) is 5.91 Å². The molecule has 0 aliphatic heterocycles. The number of aliphatic hydroxyl groups excluding tert-OH is 1. The predicted octanol–water partition coefficient (Wildman–Crippen LogP) is 4.11. The highest BCUT2D eigenvalue weighted by atomic mass is 16.5. The van der Waals surface area contributed by atoms with E-state index < -0.39 is 0 Å². The second kappa shape index (κ2) is 8.03. The minimum Gasteiger partial charge on any atom is -0.477 e. The maximum atomic E-state index is 13.4. The van der Waals surface area contributed by atoms with Gasteiger partial charge >= 0.3 is 0 Å². The SMILES string of the molecule is CC(C)COc1c(C(=O)NC23CC4CC(CC(C4)C2)C3)cnn1/C=C/C(C)(C)CO. The lowest BCUT2D eigenvalue weighted by Gasteiger charge is -2.56. The molecule has 0 aromatic carbocycles. The summed E-state index contributed by atoms with van der Waals surface area (Å²) >= 11 is 0. The van der Waals surface area contributed by atoms with Crippen molar-refractivity contribution in [3.8, 4) is 5.88 Å². The monoisotopic (exact) mass is 415 g/mol. The molecule has 0 saturated heterocycles. The molecule has 1 heterocycles. The smallest absolute Gasteiger partial charge is 0.258 e. The van der Waals surface area contributed by atoms with E-state index in [1.165, 1.54) is 19.3 Å². The first-order chi connectivity index (χ1) is 14.2. The summed E-state index contributed by atoms with van der Waals surface area (Å²) < 4.78 is 7.66. The van der Waals surface area contributed by atoms with Crippen molar-refractivity contribution in [3.63, 3.8) is 0 Å². The van der Waals surface area contributed by atoms with Crippen LogP contribution in [0.3, 0.4) is 0 Å². The predicted molar refractivity (Wildman–Crippen MR) is 117 cm³/mol. The summed E-state index contributed by atoms with van der Waals surface area (Å²) in [6.07, 6.45) is 12.7. The van der Waals surface area contributed by atoms with E-state index in [2.05, 4.69) is 24.3 Å². The quantitative estimate of drug-likeness (QED) is 0.670. The molecular weight excluding hydrogens is 378 g/mol. The van der Waals surface area contributed by atoms with Gasteiger partial charge in [0, 0.05) is 17.2 Å². The van der Waals surface area contributed by atoms with E-state index >= 15 is 0 Å². The zero-order valence-corrected chi connectivity index (χ0v) is 18.9. The van der Waals surface area contributed by atoms with Crippen molar-refractivity contribution in [2.45, 2.75) is 71.8 Å². The molecule has 30 heavy (non-hydrogen) atoms. The van der Waals surface area contributed by atoms with Crippen LogP contribution in [0.15, 0.2) is 12.3 Å². The van der Waals surface area contributed by atoms with Gasteiger partial charge in [-0.15, -0.1) is 0 Å². The number of amides is 1.